The molecule has 1 fully saturated rings. The van der Waals surface area contributed by atoms with Crippen molar-refractivity contribution in [2.24, 2.45) is 0 Å². The standard InChI is InChI=1S/C14H11F9O/c1-9(24,8-5-3-2-4-6-8)7-10(15)11(16,17)13(20,21)14(22,23)12(10,18)19/h2-6,24H,7H2,1H3. The van der Waals surface area contributed by atoms with Gasteiger partial charge in [-0.05, 0) is 12.5 Å². The Labute approximate surface area is 130 Å². The van der Waals surface area contributed by atoms with E-state index in [4.69, 9.17) is 0 Å². The van der Waals surface area contributed by atoms with Gasteiger partial charge in [-0.25, -0.2) is 4.39 Å². The molecule has 0 bridgehead atoms. The molecule has 136 valence electrons. The van der Waals surface area contributed by atoms with Gasteiger partial charge < -0.3 is 5.11 Å². The highest BCUT2D eigenvalue weighted by molar-refractivity contribution is 5.30. The van der Waals surface area contributed by atoms with Gasteiger partial charge in [0.1, 0.15) is 0 Å². The number of hydrogen-bond acceptors (Lipinski definition) is 1. The van der Waals surface area contributed by atoms with Gasteiger partial charge in [-0.15, -0.1) is 0 Å². The smallest absolute Gasteiger partial charge is 0.381 e. The van der Waals surface area contributed by atoms with Crippen molar-refractivity contribution in [2.75, 3.05) is 0 Å². The summed E-state index contributed by atoms with van der Waals surface area (Å²) >= 11 is 0. The summed E-state index contributed by atoms with van der Waals surface area (Å²) in [5, 5.41) is 10.0. The van der Waals surface area contributed by atoms with Crippen LogP contribution in [-0.2, 0) is 5.60 Å². The van der Waals surface area contributed by atoms with E-state index in [1.54, 1.807) is 0 Å². The third-order valence-electron chi connectivity index (χ3n) is 4.16. The fourth-order valence-corrected chi connectivity index (χ4v) is 2.68. The van der Waals surface area contributed by atoms with Gasteiger partial charge in [0.2, 0.25) is 0 Å². The van der Waals surface area contributed by atoms with Crippen molar-refractivity contribution in [3.05, 3.63) is 35.9 Å². The molecule has 1 unspecified atom stereocenters. The molecule has 0 heterocycles. The van der Waals surface area contributed by atoms with Crippen molar-refractivity contribution >= 4 is 0 Å². The first kappa shape index (κ1) is 18.9. The second kappa shape index (κ2) is 4.80. The maximum atomic E-state index is 14.4. The highest BCUT2D eigenvalue weighted by Crippen LogP contribution is 2.70. The van der Waals surface area contributed by atoms with Gasteiger partial charge in [-0.2, -0.15) is 35.1 Å². The molecule has 10 heteroatoms. The monoisotopic (exact) mass is 366 g/mol. The van der Waals surface area contributed by atoms with E-state index in [2.05, 4.69) is 0 Å². The molecule has 0 spiro atoms. The van der Waals surface area contributed by atoms with E-state index in [0.717, 1.165) is 12.1 Å². The lowest BCUT2D eigenvalue weighted by Crippen LogP contribution is -2.57. The molecule has 1 saturated carbocycles. The fourth-order valence-electron chi connectivity index (χ4n) is 2.68. The number of alkyl halides is 9. The Bertz CT molecular complexity index is 598. The summed E-state index contributed by atoms with van der Waals surface area (Å²) in [7, 11) is 0. The summed E-state index contributed by atoms with van der Waals surface area (Å²) < 4.78 is 122. The first-order chi connectivity index (χ1) is 10.6. The van der Waals surface area contributed by atoms with Crippen LogP contribution in [0.15, 0.2) is 30.3 Å². The summed E-state index contributed by atoms with van der Waals surface area (Å²) in [6, 6.07) is 5.87. The number of halogens is 9. The van der Waals surface area contributed by atoms with Crippen molar-refractivity contribution in [1.29, 1.82) is 0 Å². The molecule has 1 aliphatic rings. The van der Waals surface area contributed by atoms with Gasteiger partial charge in [0.25, 0.3) is 5.67 Å². The number of benzene rings is 1. The first-order valence-corrected chi connectivity index (χ1v) is 6.54. The van der Waals surface area contributed by atoms with E-state index in [9.17, 15) is 44.6 Å². The lowest BCUT2D eigenvalue weighted by molar-refractivity contribution is -0.303. The quantitative estimate of drug-likeness (QED) is 0.779. The molecule has 1 aromatic carbocycles. The summed E-state index contributed by atoms with van der Waals surface area (Å²) in [6.07, 6.45) is -2.37. The van der Waals surface area contributed by atoms with Crippen molar-refractivity contribution in [3.63, 3.8) is 0 Å². The predicted octanol–water partition coefficient (Wildman–Crippen LogP) is 4.55. The molecule has 0 aliphatic heterocycles. The third-order valence-corrected chi connectivity index (χ3v) is 4.16. The minimum atomic E-state index is -6.63. The highest BCUT2D eigenvalue weighted by atomic mass is 19.4. The SMILES string of the molecule is CC(O)(CC1(F)C(F)(F)C(F)(F)C(F)(F)C1(F)F)c1ccccc1. The summed E-state index contributed by atoms with van der Waals surface area (Å²) in [5.74, 6) is -26.1. The minimum absolute atomic E-state index is 0.382. The Morgan fingerprint density at radius 3 is 1.50 bits per heavy atom. The zero-order chi connectivity index (χ0) is 18.8. The van der Waals surface area contributed by atoms with Crippen molar-refractivity contribution in [1.82, 2.24) is 0 Å². The van der Waals surface area contributed by atoms with E-state index in [1.165, 1.54) is 18.2 Å². The van der Waals surface area contributed by atoms with Crippen LogP contribution in [0.1, 0.15) is 18.9 Å². The average molecular weight is 366 g/mol. The molecule has 0 saturated heterocycles. The second-order valence-corrected chi connectivity index (χ2v) is 5.92. The van der Waals surface area contributed by atoms with Gasteiger partial charge in [0.05, 0.1) is 5.60 Å². The van der Waals surface area contributed by atoms with E-state index < -0.39 is 41.4 Å². The fraction of sp³-hybridized carbons (Fsp3) is 0.571. The van der Waals surface area contributed by atoms with Gasteiger partial charge in [0, 0.05) is 6.42 Å². The van der Waals surface area contributed by atoms with Crippen LogP contribution in [-0.4, -0.2) is 34.5 Å². The molecule has 1 aliphatic carbocycles. The van der Waals surface area contributed by atoms with Crippen LogP contribution in [0.4, 0.5) is 39.5 Å². The Hall–Kier alpha value is -1.45. The zero-order valence-electron chi connectivity index (χ0n) is 11.9. The Kier molecular flexibility index (Phi) is 3.78. The van der Waals surface area contributed by atoms with E-state index in [0.29, 0.717) is 6.92 Å². The number of rotatable bonds is 3. The maximum absolute atomic E-state index is 14.4. The van der Waals surface area contributed by atoms with Crippen LogP contribution in [0, 0.1) is 0 Å². The lowest BCUT2D eigenvalue weighted by Gasteiger charge is -2.36. The van der Waals surface area contributed by atoms with Crippen LogP contribution in [0.2, 0.25) is 0 Å². The van der Waals surface area contributed by atoms with Crippen LogP contribution >= 0.6 is 0 Å². The van der Waals surface area contributed by atoms with Gasteiger partial charge in [0.15, 0.2) is 0 Å². The van der Waals surface area contributed by atoms with Gasteiger partial charge >= 0.3 is 23.7 Å². The highest BCUT2D eigenvalue weighted by Gasteiger charge is 3.00. The molecule has 1 nitrogen and oxygen atoms in total. The summed E-state index contributed by atoms with van der Waals surface area (Å²) in [4.78, 5) is 0. The van der Waals surface area contributed by atoms with Crippen LogP contribution in [0.25, 0.3) is 0 Å². The Morgan fingerprint density at radius 2 is 1.12 bits per heavy atom. The van der Waals surface area contributed by atoms with E-state index in [-0.39, 0.29) is 5.56 Å². The molecule has 0 aromatic heterocycles. The normalized spacial score (nSPS) is 28.3. The minimum Gasteiger partial charge on any atom is -0.385 e. The van der Waals surface area contributed by atoms with Crippen molar-refractivity contribution < 1.29 is 44.6 Å². The average Bonchev–Trinajstić information content (AvgIpc) is 2.50. The molecule has 0 radical (unpaired) electrons. The molecule has 1 aromatic rings. The largest absolute Gasteiger partial charge is 0.385 e. The topological polar surface area (TPSA) is 20.2 Å². The molecule has 2 rings (SSSR count). The predicted molar refractivity (Wildman–Crippen MR) is 64.3 cm³/mol. The molecule has 1 atom stereocenters. The number of aliphatic hydroxyl groups is 1. The van der Waals surface area contributed by atoms with Gasteiger partial charge in [-0.1, -0.05) is 30.3 Å². The lowest BCUT2D eigenvalue weighted by atomic mass is 9.80. The van der Waals surface area contributed by atoms with Gasteiger partial charge in [-0.3, -0.25) is 0 Å². The molecule has 1 N–H and O–H groups in total. The Morgan fingerprint density at radius 1 is 0.750 bits per heavy atom. The maximum Gasteiger partial charge on any atom is 0.381 e. The third kappa shape index (κ3) is 1.94. The van der Waals surface area contributed by atoms with E-state index >= 15 is 0 Å². The summed E-state index contributed by atoms with van der Waals surface area (Å²) in [6.45, 7) is 0.588. The van der Waals surface area contributed by atoms with Crippen LogP contribution in [0.3, 0.4) is 0 Å². The Balaban J connectivity index is 2.59. The summed E-state index contributed by atoms with van der Waals surface area (Å²) in [5.41, 5.74) is -8.89. The molecule has 24 heavy (non-hydrogen) atoms. The van der Waals surface area contributed by atoms with Crippen LogP contribution < -0.4 is 0 Å². The molecular weight excluding hydrogens is 355 g/mol. The molecular formula is C14H11F9O. The van der Waals surface area contributed by atoms with Crippen molar-refractivity contribution in [3.8, 4) is 0 Å². The number of hydrogen-bond donors (Lipinski definition) is 1. The first-order valence-electron chi connectivity index (χ1n) is 6.54. The van der Waals surface area contributed by atoms with Crippen LogP contribution in [0.5, 0.6) is 0 Å². The second-order valence-electron chi connectivity index (χ2n) is 5.92. The molecule has 0 amide bonds. The van der Waals surface area contributed by atoms with Crippen molar-refractivity contribution in [2.45, 2.75) is 48.3 Å². The zero-order valence-corrected chi connectivity index (χ0v) is 11.9. The van der Waals surface area contributed by atoms with E-state index in [1.807, 2.05) is 0 Å².